The minimum atomic E-state index is -0.381. The second-order valence-corrected chi connectivity index (χ2v) is 11.8. The summed E-state index contributed by atoms with van der Waals surface area (Å²) >= 11 is 0. The largest absolute Gasteiger partial charge is 0.485 e. The number of nitrogens with zero attached hydrogens (tertiary/aromatic N) is 2. The van der Waals surface area contributed by atoms with Gasteiger partial charge in [-0.25, -0.2) is 9.37 Å². The van der Waals surface area contributed by atoms with Crippen molar-refractivity contribution in [3.63, 3.8) is 0 Å². The molecule has 0 amide bonds. The fraction of sp³-hybridized carbons (Fsp3) is 0.471. The lowest BCUT2D eigenvalue weighted by Gasteiger charge is -2.30. The highest BCUT2D eigenvalue weighted by atomic mass is 19.1. The topological polar surface area (TPSA) is 60.9 Å². The number of rotatable bonds is 9. The molecular weight excluding hydrogens is 519 g/mol. The minimum absolute atomic E-state index is 0.0946. The van der Waals surface area contributed by atoms with Crippen molar-refractivity contribution in [2.45, 2.75) is 64.0 Å². The zero-order chi connectivity index (χ0) is 28.5. The summed E-state index contributed by atoms with van der Waals surface area (Å²) in [7, 11) is 3.04. The first-order chi connectivity index (χ1) is 19.9. The highest BCUT2D eigenvalue weighted by Gasteiger charge is 2.39. The van der Waals surface area contributed by atoms with Crippen LogP contribution in [0.4, 0.5) is 4.39 Å². The van der Waals surface area contributed by atoms with Crippen LogP contribution in [0.2, 0.25) is 0 Å². The van der Waals surface area contributed by atoms with Gasteiger partial charge in [-0.3, -0.25) is 9.69 Å². The maximum Gasteiger partial charge on any atom is 0.309 e. The van der Waals surface area contributed by atoms with E-state index in [-0.39, 0.29) is 29.7 Å². The first-order valence-electron chi connectivity index (χ1n) is 14.9. The number of fused-ring (bicyclic) bond motifs is 1. The van der Waals surface area contributed by atoms with Crippen LogP contribution >= 0.6 is 0 Å². The van der Waals surface area contributed by atoms with Gasteiger partial charge in [0, 0.05) is 24.4 Å². The number of aryl methyl sites for hydroxylation is 1. The number of hydrogen-bond acceptors (Lipinski definition) is 6. The van der Waals surface area contributed by atoms with E-state index in [0.717, 1.165) is 72.5 Å². The predicted molar refractivity (Wildman–Crippen MR) is 155 cm³/mol. The fourth-order valence-corrected chi connectivity index (χ4v) is 6.72. The minimum Gasteiger partial charge on any atom is -0.485 e. The summed E-state index contributed by atoms with van der Waals surface area (Å²) in [4.78, 5) is 19.1. The second kappa shape index (κ2) is 11.8. The van der Waals surface area contributed by atoms with Crippen LogP contribution in [0.25, 0.3) is 11.1 Å². The lowest BCUT2D eigenvalue weighted by molar-refractivity contribution is -0.145. The van der Waals surface area contributed by atoms with E-state index < -0.39 is 0 Å². The van der Waals surface area contributed by atoms with Gasteiger partial charge in [-0.05, 0) is 116 Å². The maximum atomic E-state index is 15.9. The van der Waals surface area contributed by atoms with Crippen LogP contribution in [0.5, 0.6) is 11.6 Å². The van der Waals surface area contributed by atoms with Crippen LogP contribution in [-0.2, 0) is 22.5 Å². The Morgan fingerprint density at radius 1 is 1.10 bits per heavy atom. The number of methoxy groups -OCH3 is 2. The number of likely N-dealkylation sites (tertiary alicyclic amines) is 1. The second-order valence-electron chi connectivity index (χ2n) is 11.8. The smallest absolute Gasteiger partial charge is 0.309 e. The molecule has 6 rings (SSSR count). The van der Waals surface area contributed by atoms with Crippen LogP contribution in [-0.4, -0.2) is 43.2 Å². The van der Waals surface area contributed by atoms with Gasteiger partial charge in [0.2, 0.25) is 5.88 Å². The third-order valence-corrected chi connectivity index (χ3v) is 9.08. The Morgan fingerprint density at radius 2 is 1.90 bits per heavy atom. The summed E-state index contributed by atoms with van der Waals surface area (Å²) < 4.78 is 32.9. The molecule has 2 aliphatic heterocycles. The van der Waals surface area contributed by atoms with E-state index in [2.05, 4.69) is 28.1 Å². The Balaban J connectivity index is 1.32. The first kappa shape index (κ1) is 27.7. The molecule has 3 heterocycles. The van der Waals surface area contributed by atoms with Crippen molar-refractivity contribution < 1.29 is 23.4 Å². The Bertz CT molecular complexity index is 1420. The monoisotopic (exact) mass is 558 g/mol. The Kier molecular flexibility index (Phi) is 7.98. The Morgan fingerprint density at radius 3 is 2.63 bits per heavy atom. The maximum absolute atomic E-state index is 15.9. The van der Waals surface area contributed by atoms with Crippen molar-refractivity contribution in [3.8, 4) is 22.8 Å². The van der Waals surface area contributed by atoms with Gasteiger partial charge in [0.1, 0.15) is 17.7 Å². The molecule has 1 aliphatic carbocycles. The zero-order valence-electron chi connectivity index (χ0n) is 24.2. The number of carbonyl (C=O) groups is 1. The molecule has 3 aliphatic rings. The molecule has 1 aromatic heterocycles. The van der Waals surface area contributed by atoms with Gasteiger partial charge < -0.3 is 14.2 Å². The van der Waals surface area contributed by atoms with Gasteiger partial charge in [-0.2, -0.15) is 0 Å². The van der Waals surface area contributed by atoms with E-state index in [1.807, 2.05) is 25.1 Å². The van der Waals surface area contributed by atoms with Crippen LogP contribution in [0.1, 0.15) is 73.3 Å². The molecular formula is C34H39FN2O4. The molecule has 0 spiro atoms. The molecule has 1 unspecified atom stereocenters. The molecule has 1 saturated heterocycles. The zero-order valence-corrected chi connectivity index (χ0v) is 24.2. The predicted octanol–water partition coefficient (Wildman–Crippen LogP) is 6.86. The summed E-state index contributed by atoms with van der Waals surface area (Å²) in [5, 5.41) is 0. The van der Waals surface area contributed by atoms with Crippen molar-refractivity contribution in [3.05, 3.63) is 76.7 Å². The van der Waals surface area contributed by atoms with E-state index >= 15 is 4.39 Å². The fourth-order valence-electron chi connectivity index (χ4n) is 6.72. The van der Waals surface area contributed by atoms with Gasteiger partial charge in [-0.1, -0.05) is 19.1 Å². The van der Waals surface area contributed by atoms with Gasteiger partial charge in [-0.15, -0.1) is 0 Å². The quantitative estimate of drug-likeness (QED) is 0.268. The van der Waals surface area contributed by atoms with Gasteiger partial charge in [0.15, 0.2) is 0 Å². The average Bonchev–Trinajstić information content (AvgIpc) is 3.70. The van der Waals surface area contributed by atoms with Crippen molar-refractivity contribution in [2.75, 3.05) is 27.3 Å². The Labute approximate surface area is 241 Å². The van der Waals surface area contributed by atoms with E-state index in [0.29, 0.717) is 23.8 Å². The van der Waals surface area contributed by atoms with E-state index in [1.54, 1.807) is 19.4 Å². The average molecular weight is 559 g/mol. The van der Waals surface area contributed by atoms with Crippen molar-refractivity contribution in [2.24, 2.45) is 11.8 Å². The normalized spacial score (nSPS) is 20.1. The number of ether oxygens (including phenoxy) is 3. The van der Waals surface area contributed by atoms with Gasteiger partial charge in [0.05, 0.1) is 20.1 Å². The Hall–Kier alpha value is -3.45. The lowest BCUT2D eigenvalue weighted by atomic mass is 9.82. The molecule has 2 aromatic carbocycles. The number of pyridine rings is 1. The third kappa shape index (κ3) is 5.82. The first-order valence-corrected chi connectivity index (χ1v) is 14.9. The molecule has 3 aromatic rings. The van der Waals surface area contributed by atoms with E-state index in [9.17, 15) is 4.79 Å². The van der Waals surface area contributed by atoms with E-state index in [4.69, 9.17) is 14.2 Å². The molecule has 3 atom stereocenters. The SMILES string of the molecule is COC(=O)[C@@H](C)[C@H](c1ccc2c(c1)OC(c1cc(CN3CCCC3)c(-c3ccnc(OC)c3)cc1F)CC2)C1CC1. The molecule has 0 N–H and O–H groups in total. The van der Waals surface area contributed by atoms with E-state index in [1.165, 1.54) is 20.0 Å². The summed E-state index contributed by atoms with van der Waals surface area (Å²) in [6, 6.07) is 13.8. The number of carbonyl (C=O) groups excluding carboxylic acids is 1. The van der Waals surface area contributed by atoms with Crippen LogP contribution in [0, 0.1) is 17.7 Å². The molecule has 0 radical (unpaired) electrons. The molecule has 0 bridgehead atoms. The number of esters is 1. The summed E-state index contributed by atoms with van der Waals surface area (Å²) in [5.41, 5.74) is 5.66. The molecule has 6 nitrogen and oxygen atoms in total. The van der Waals surface area contributed by atoms with Crippen molar-refractivity contribution >= 4 is 5.97 Å². The molecule has 216 valence electrons. The number of aromatic nitrogens is 1. The molecule has 7 heteroatoms. The third-order valence-electron chi connectivity index (χ3n) is 9.08. The van der Waals surface area contributed by atoms with Crippen LogP contribution < -0.4 is 9.47 Å². The summed E-state index contributed by atoms with van der Waals surface area (Å²) in [6.45, 7) is 4.81. The molecule has 41 heavy (non-hydrogen) atoms. The number of halogens is 1. The highest BCUT2D eigenvalue weighted by Crippen LogP contribution is 2.48. The molecule has 2 fully saturated rings. The number of hydrogen-bond donors (Lipinski definition) is 0. The number of benzene rings is 2. The lowest BCUT2D eigenvalue weighted by Crippen LogP contribution is -2.23. The highest BCUT2D eigenvalue weighted by molar-refractivity contribution is 5.73. The standard InChI is InChI=1S/C34H39FN2O4/c1-21(34(38)40-3)33(23-7-8-23)25-9-6-22-10-11-30(41-31(22)17-25)28-16-26(20-37-14-4-5-15-37)27(19-29(28)35)24-12-13-36-32(18-24)39-2/h6,9,12-13,16-19,21,23,30,33H,4-5,7-8,10-11,14-15,20H2,1-3H3/t21-,30?,33-/m0/s1. The summed E-state index contributed by atoms with van der Waals surface area (Å²) in [5.74, 6) is 1.20. The van der Waals surface area contributed by atoms with Crippen molar-refractivity contribution in [1.29, 1.82) is 0 Å². The van der Waals surface area contributed by atoms with Gasteiger partial charge >= 0.3 is 5.97 Å². The van der Waals surface area contributed by atoms with Crippen LogP contribution in [0.15, 0.2) is 48.7 Å². The molecule has 1 saturated carbocycles. The summed E-state index contributed by atoms with van der Waals surface area (Å²) in [6.07, 6.45) is 7.45. The van der Waals surface area contributed by atoms with Crippen LogP contribution in [0.3, 0.4) is 0 Å². The van der Waals surface area contributed by atoms with Gasteiger partial charge in [0.25, 0.3) is 0 Å². The van der Waals surface area contributed by atoms with Crippen molar-refractivity contribution in [1.82, 2.24) is 9.88 Å².